The van der Waals surface area contributed by atoms with E-state index in [0.29, 0.717) is 84.1 Å². The van der Waals surface area contributed by atoms with Gasteiger partial charge in [-0.15, -0.1) is 0 Å². The molecule has 0 radical (unpaired) electrons. The number of carbonyl (C=O) groups excluding carboxylic acids is 1. The van der Waals surface area contributed by atoms with Crippen molar-refractivity contribution in [1.82, 2.24) is 25.2 Å². The van der Waals surface area contributed by atoms with Crippen LogP contribution in [0, 0.1) is 18.7 Å². The summed E-state index contributed by atoms with van der Waals surface area (Å²) in [6.45, 7) is 10.1. The molecular weight excluding hydrogens is 569 g/mol. The van der Waals surface area contributed by atoms with Gasteiger partial charge in [0.15, 0.2) is 0 Å². The predicted octanol–water partition coefficient (Wildman–Crippen LogP) is 5.96. The lowest BCUT2D eigenvalue weighted by molar-refractivity contribution is 0.0877. The largest absolute Gasteiger partial charge is 0.492 e. The van der Waals surface area contributed by atoms with E-state index < -0.39 is 20.0 Å². The summed E-state index contributed by atoms with van der Waals surface area (Å²) in [5.74, 6) is 0.258. The molecule has 2 saturated carbocycles. The van der Waals surface area contributed by atoms with E-state index in [2.05, 4.69) is 40.2 Å². The third-order valence-corrected chi connectivity index (χ3v) is 10.0. The maximum Gasteiger partial charge on any atom is 0.404 e. The first-order valence-corrected chi connectivity index (χ1v) is 18.9. The first-order valence-electron chi connectivity index (χ1n) is 15.1. The third-order valence-electron chi connectivity index (χ3n) is 8.30. The minimum Gasteiger partial charge on any atom is -0.492 e. The van der Waals surface area contributed by atoms with E-state index in [-0.39, 0.29) is 24.7 Å². The topological polar surface area (TPSA) is 128 Å². The molecular formula is C31H42FN5O5Si. The second-order valence-corrected chi connectivity index (χ2v) is 18.6. The number of benzene rings is 1. The summed E-state index contributed by atoms with van der Waals surface area (Å²) < 4.78 is 28.5. The highest BCUT2D eigenvalue weighted by atomic mass is 28.3. The van der Waals surface area contributed by atoms with Crippen LogP contribution in [0.5, 0.6) is 5.75 Å². The molecule has 2 heterocycles. The van der Waals surface area contributed by atoms with Gasteiger partial charge >= 0.3 is 6.09 Å². The maximum absolute atomic E-state index is 14.4. The first kappa shape index (κ1) is 30.9. The summed E-state index contributed by atoms with van der Waals surface area (Å²) in [5.41, 5.74) is 3.45. The molecule has 12 heteroatoms. The minimum absolute atomic E-state index is 0.0778. The minimum atomic E-state index is -1.32. The van der Waals surface area contributed by atoms with E-state index >= 15 is 0 Å². The summed E-state index contributed by atoms with van der Waals surface area (Å²) in [6, 6.07) is 5.26. The molecule has 2 amide bonds. The van der Waals surface area contributed by atoms with Gasteiger partial charge < -0.3 is 29.8 Å². The van der Waals surface area contributed by atoms with E-state index in [1.54, 1.807) is 6.07 Å². The number of hydrogen-bond acceptors (Lipinski definition) is 6. The van der Waals surface area contributed by atoms with Crippen molar-refractivity contribution < 1.29 is 28.6 Å². The summed E-state index contributed by atoms with van der Waals surface area (Å²) >= 11 is 0. The number of fused-ring (bicyclic) bond motifs is 1. The smallest absolute Gasteiger partial charge is 0.404 e. The number of amides is 2. The molecule has 0 unspecified atom stereocenters. The number of rotatable bonds is 12. The van der Waals surface area contributed by atoms with Crippen LogP contribution in [-0.4, -0.2) is 65.0 Å². The van der Waals surface area contributed by atoms with Crippen LogP contribution in [0.15, 0.2) is 24.5 Å². The Morgan fingerprint density at radius 1 is 1.07 bits per heavy atom. The van der Waals surface area contributed by atoms with Crippen LogP contribution in [0.25, 0.3) is 22.3 Å². The van der Waals surface area contributed by atoms with Gasteiger partial charge in [0.2, 0.25) is 0 Å². The average molecular weight is 612 g/mol. The lowest BCUT2D eigenvalue weighted by Crippen LogP contribution is -2.43. The molecule has 43 heavy (non-hydrogen) atoms. The molecule has 1 aromatic carbocycles. The fraction of sp³-hybridized carbons (Fsp3) is 0.548. The lowest BCUT2D eigenvalue weighted by Gasteiger charge is -2.28. The predicted molar refractivity (Wildman–Crippen MR) is 165 cm³/mol. The van der Waals surface area contributed by atoms with Crippen molar-refractivity contribution in [1.29, 1.82) is 0 Å². The van der Waals surface area contributed by atoms with E-state index in [1.807, 2.05) is 11.5 Å². The molecule has 3 aromatic rings. The number of ether oxygens (including phenoxy) is 2. The normalized spacial score (nSPS) is 18.9. The summed E-state index contributed by atoms with van der Waals surface area (Å²) in [5, 5.41) is 14.7. The fourth-order valence-electron chi connectivity index (χ4n) is 5.57. The molecule has 0 atom stereocenters. The molecule has 2 aromatic heterocycles. The van der Waals surface area contributed by atoms with E-state index in [9.17, 15) is 14.0 Å². The number of nitrogens with zero attached hydrogens (tertiary/aromatic N) is 3. The quantitative estimate of drug-likeness (QED) is 0.170. The van der Waals surface area contributed by atoms with Crippen molar-refractivity contribution in [3.8, 4) is 17.0 Å². The zero-order valence-electron chi connectivity index (χ0n) is 25.4. The van der Waals surface area contributed by atoms with Crippen LogP contribution in [-0.2, 0) is 11.5 Å². The Morgan fingerprint density at radius 2 is 1.77 bits per heavy atom. The van der Waals surface area contributed by atoms with E-state index in [1.165, 1.54) is 18.5 Å². The van der Waals surface area contributed by atoms with Crippen LogP contribution < -0.4 is 15.4 Å². The van der Waals surface area contributed by atoms with Gasteiger partial charge in [0.25, 0.3) is 5.91 Å². The van der Waals surface area contributed by atoms with E-state index in [4.69, 9.17) is 14.6 Å². The molecule has 0 bridgehead atoms. The number of halogens is 1. The lowest BCUT2D eigenvalue weighted by atomic mass is 9.91. The number of nitrogens with one attached hydrogen (secondary N) is 2. The highest BCUT2D eigenvalue weighted by Gasteiger charge is 2.29. The van der Waals surface area contributed by atoms with Gasteiger partial charge in [-0.2, -0.15) is 0 Å². The molecule has 2 aliphatic rings. The van der Waals surface area contributed by atoms with Gasteiger partial charge in [0.1, 0.15) is 35.8 Å². The van der Waals surface area contributed by atoms with Gasteiger partial charge in [-0.05, 0) is 69.5 Å². The van der Waals surface area contributed by atoms with Crippen LogP contribution >= 0.6 is 0 Å². The van der Waals surface area contributed by atoms with Crippen molar-refractivity contribution in [2.24, 2.45) is 5.92 Å². The Bertz CT molecular complexity index is 1480. The Balaban J connectivity index is 1.49. The monoisotopic (exact) mass is 611 g/mol. The Morgan fingerprint density at radius 3 is 2.42 bits per heavy atom. The van der Waals surface area contributed by atoms with Crippen LogP contribution in [0.2, 0.25) is 25.7 Å². The molecule has 0 spiro atoms. The van der Waals surface area contributed by atoms with Crippen LogP contribution in [0.3, 0.4) is 0 Å². The van der Waals surface area contributed by atoms with Gasteiger partial charge in [0.05, 0.1) is 17.7 Å². The number of carboxylic acid groups (broad SMARTS) is 1. The average Bonchev–Trinajstić information content (AvgIpc) is 3.72. The molecule has 232 valence electrons. The SMILES string of the molecule is Cc1c(C(=O)NC2CCC(NC(=O)O)CC2)c2ncnc(-c3ccc(F)cc3OCC3CC3)c2n1COCC[Si](C)(C)C. The van der Waals surface area contributed by atoms with Crippen molar-refractivity contribution in [2.75, 3.05) is 13.2 Å². The second kappa shape index (κ2) is 13.0. The molecule has 3 N–H and O–H groups in total. The molecule has 5 rings (SSSR count). The molecule has 0 aliphatic heterocycles. The zero-order valence-corrected chi connectivity index (χ0v) is 26.4. The first-order chi connectivity index (χ1) is 20.5. The van der Waals surface area contributed by atoms with Crippen molar-refractivity contribution in [3.63, 3.8) is 0 Å². The Kier molecular flexibility index (Phi) is 9.35. The van der Waals surface area contributed by atoms with Crippen LogP contribution in [0.1, 0.15) is 54.6 Å². The molecule has 0 saturated heterocycles. The van der Waals surface area contributed by atoms with Gasteiger partial charge in [0, 0.05) is 44.1 Å². The molecule has 2 aliphatic carbocycles. The highest BCUT2D eigenvalue weighted by molar-refractivity contribution is 6.76. The van der Waals surface area contributed by atoms with Gasteiger partial charge in [-0.1, -0.05) is 19.6 Å². The zero-order chi connectivity index (χ0) is 30.7. The summed E-state index contributed by atoms with van der Waals surface area (Å²) in [6.07, 6.45) is 5.27. The van der Waals surface area contributed by atoms with E-state index in [0.717, 1.165) is 18.9 Å². The van der Waals surface area contributed by atoms with Crippen molar-refractivity contribution in [3.05, 3.63) is 41.6 Å². The van der Waals surface area contributed by atoms with Gasteiger partial charge in [-0.3, -0.25) is 4.79 Å². The summed E-state index contributed by atoms with van der Waals surface area (Å²) in [4.78, 5) is 34.1. The van der Waals surface area contributed by atoms with Crippen molar-refractivity contribution >= 4 is 31.1 Å². The Hall–Kier alpha value is -3.51. The molecule has 2 fully saturated rings. The van der Waals surface area contributed by atoms with Crippen molar-refractivity contribution in [2.45, 2.75) is 89.9 Å². The number of hydrogen-bond donors (Lipinski definition) is 3. The second-order valence-electron chi connectivity index (χ2n) is 13.0. The molecule has 10 nitrogen and oxygen atoms in total. The number of carbonyl (C=O) groups is 2. The summed E-state index contributed by atoms with van der Waals surface area (Å²) in [7, 11) is -1.32. The standard InChI is InChI=1S/C31H42FN5O5Si/c1-19-26(30(38)35-22-8-10-23(11-9-22)36-31(39)40)28-29(37(19)18-41-13-14-43(2,3)4)27(33-17-34-28)24-12-7-21(32)15-25(24)42-16-20-5-6-20/h7,12,15,17,20,22-23,36H,5-6,8-11,13-14,16,18H2,1-4H3,(H,35,38)(H,39,40). The maximum atomic E-state index is 14.4. The highest BCUT2D eigenvalue weighted by Crippen LogP contribution is 2.38. The number of aromatic nitrogens is 3. The van der Waals surface area contributed by atoms with Gasteiger partial charge in [-0.25, -0.2) is 19.2 Å². The Labute approximate surface area is 252 Å². The fourth-order valence-corrected chi connectivity index (χ4v) is 6.33. The third kappa shape index (κ3) is 7.72. The van der Waals surface area contributed by atoms with Crippen LogP contribution in [0.4, 0.5) is 9.18 Å².